The fourth-order valence-corrected chi connectivity index (χ4v) is 3.50. The smallest absolute Gasteiger partial charge is 0.272 e. The summed E-state index contributed by atoms with van der Waals surface area (Å²) in [5, 5.41) is 0.648. The van der Waals surface area contributed by atoms with Crippen LogP contribution in [0.5, 0.6) is 0 Å². The van der Waals surface area contributed by atoms with Gasteiger partial charge in [0.05, 0.1) is 11.3 Å². The Bertz CT molecular complexity index is 834. The lowest BCUT2D eigenvalue weighted by Crippen LogP contribution is -2.29. The summed E-state index contributed by atoms with van der Waals surface area (Å²) in [5.41, 5.74) is 7.19. The molecule has 2 aromatic carbocycles. The predicted octanol–water partition coefficient (Wildman–Crippen LogP) is 2.32. The number of amides is 1. The van der Waals surface area contributed by atoms with Crippen LogP contribution in [0.2, 0.25) is 5.02 Å². The van der Waals surface area contributed by atoms with E-state index in [0.717, 1.165) is 5.56 Å². The van der Waals surface area contributed by atoms with Crippen molar-refractivity contribution in [1.29, 1.82) is 0 Å². The predicted molar refractivity (Wildman–Crippen MR) is 90.0 cm³/mol. The molecule has 116 valence electrons. The minimum absolute atomic E-state index is 0.0450. The van der Waals surface area contributed by atoms with Gasteiger partial charge >= 0.3 is 0 Å². The second-order valence-electron chi connectivity index (χ2n) is 4.85. The van der Waals surface area contributed by atoms with Crippen LogP contribution in [0.25, 0.3) is 0 Å². The van der Waals surface area contributed by atoms with Crippen LogP contribution < -0.4 is 10.6 Å². The molecule has 0 radical (unpaired) electrons. The number of fused-ring (bicyclic) bond motifs is 1. The van der Waals surface area contributed by atoms with E-state index >= 15 is 0 Å². The number of hydrogen-bond donors (Lipinski definition) is 1. The van der Waals surface area contributed by atoms with Gasteiger partial charge in [0.1, 0.15) is 6.61 Å². The van der Waals surface area contributed by atoms with Crippen molar-refractivity contribution in [2.24, 2.45) is 10.7 Å². The molecule has 1 amide bonds. The van der Waals surface area contributed by atoms with Gasteiger partial charge in [-0.25, -0.2) is 4.99 Å². The SMILES string of the molecule is NC(=O)C1=Nc2ccc(Cl)cc2C1=[P+]([O-])OCc1ccccc1. The summed E-state index contributed by atoms with van der Waals surface area (Å²) < 4.78 is 5.43. The molecule has 1 atom stereocenters. The van der Waals surface area contributed by atoms with Gasteiger partial charge in [-0.2, -0.15) is 4.52 Å². The molecule has 1 unspecified atom stereocenters. The largest absolute Gasteiger partial charge is 0.602 e. The molecule has 7 heteroatoms. The average Bonchev–Trinajstić information content (AvgIpc) is 2.92. The fourth-order valence-electron chi connectivity index (χ4n) is 2.22. The van der Waals surface area contributed by atoms with Crippen molar-refractivity contribution in [2.75, 3.05) is 0 Å². The first-order valence-electron chi connectivity index (χ1n) is 6.76. The molecule has 0 saturated carbocycles. The van der Waals surface area contributed by atoms with Gasteiger partial charge in [0.25, 0.3) is 5.91 Å². The van der Waals surface area contributed by atoms with Crippen LogP contribution in [0.1, 0.15) is 11.1 Å². The number of benzene rings is 2. The number of carbonyl (C=O) groups excluding carboxylic acids is 1. The van der Waals surface area contributed by atoms with Crippen molar-refractivity contribution >= 4 is 42.2 Å². The molecule has 0 spiro atoms. The molecule has 2 aromatic rings. The third-order valence-corrected chi connectivity index (χ3v) is 4.69. The molecule has 3 rings (SSSR count). The lowest BCUT2D eigenvalue weighted by molar-refractivity contribution is -0.173. The minimum Gasteiger partial charge on any atom is -0.602 e. The zero-order valence-corrected chi connectivity index (χ0v) is 13.6. The zero-order chi connectivity index (χ0) is 16.4. The summed E-state index contributed by atoms with van der Waals surface area (Å²) in [6.45, 7) is 0.154. The van der Waals surface area contributed by atoms with Crippen LogP contribution in [-0.2, 0) is 15.9 Å². The highest BCUT2D eigenvalue weighted by Gasteiger charge is 2.33. The number of primary amides is 1. The lowest BCUT2D eigenvalue weighted by Gasteiger charge is -2.04. The quantitative estimate of drug-likeness (QED) is 0.862. The Labute approximate surface area is 138 Å². The Morgan fingerprint density at radius 3 is 2.70 bits per heavy atom. The van der Waals surface area contributed by atoms with E-state index in [9.17, 15) is 9.69 Å². The van der Waals surface area contributed by atoms with Gasteiger partial charge < -0.3 is 10.6 Å². The van der Waals surface area contributed by atoms with Crippen LogP contribution in [0.15, 0.2) is 53.5 Å². The summed E-state index contributed by atoms with van der Waals surface area (Å²) in [5.74, 6) is -0.751. The number of aliphatic imine (C=N–C) groups is 1. The van der Waals surface area contributed by atoms with Crippen LogP contribution >= 0.6 is 19.6 Å². The van der Waals surface area contributed by atoms with E-state index in [1.54, 1.807) is 18.2 Å². The third-order valence-electron chi connectivity index (χ3n) is 3.28. The molecule has 1 aliphatic heterocycles. The second kappa shape index (κ2) is 6.60. The third kappa shape index (κ3) is 3.33. The summed E-state index contributed by atoms with van der Waals surface area (Å²) >= 11 is 5.98. The molecule has 0 bridgehead atoms. The molecule has 0 fully saturated rings. The molecule has 0 aromatic heterocycles. The zero-order valence-electron chi connectivity index (χ0n) is 11.9. The van der Waals surface area contributed by atoms with Crippen LogP contribution in [-0.4, -0.2) is 16.9 Å². The van der Waals surface area contributed by atoms with E-state index in [2.05, 4.69) is 4.99 Å². The molecular weight excluding hydrogens is 335 g/mol. The van der Waals surface area contributed by atoms with E-state index in [-0.39, 0.29) is 17.6 Å². The van der Waals surface area contributed by atoms with E-state index in [1.807, 2.05) is 30.3 Å². The van der Waals surface area contributed by atoms with Gasteiger partial charge in [0.2, 0.25) is 13.3 Å². The maximum absolute atomic E-state index is 12.6. The number of nitrogens with zero attached hydrogens (tertiary/aromatic N) is 1. The van der Waals surface area contributed by atoms with Crippen molar-refractivity contribution in [2.45, 2.75) is 6.61 Å². The standard InChI is InChI=1S/C16H12ClN2O3P/c17-11-6-7-13-12(8-11)15(14(19-13)16(18)20)23(21)22-9-10-4-2-1-3-5-10/h1-8H,9H2,(H2,18,20). The van der Waals surface area contributed by atoms with E-state index < -0.39 is 13.9 Å². The highest BCUT2D eigenvalue weighted by atomic mass is 35.5. The molecule has 23 heavy (non-hydrogen) atoms. The van der Waals surface area contributed by atoms with Gasteiger partial charge in [-0.3, -0.25) is 4.79 Å². The summed E-state index contributed by atoms with van der Waals surface area (Å²) in [6, 6.07) is 14.2. The molecule has 5 nitrogen and oxygen atoms in total. The average molecular weight is 347 g/mol. The van der Waals surface area contributed by atoms with Gasteiger partial charge in [-0.1, -0.05) is 41.9 Å². The first-order valence-corrected chi connectivity index (χ1v) is 8.31. The van der Waals surface area contributed by atoms with Gasteiger partial charge in [-0.15, -0.1) is 0 Å². The number of nitrogens with two attached hydrogens (primary N) is 1. The van der Waals surface area contributed by atoms with Gasteiger partial charge in [0, 0.05) is 5.02 Å². The highest BCUT2D eigenvalue weighted by Crippen LogP contribution is 2.35. The van der Waals surface area contributed by atoms with Crippen molar-refractivity contribution in [3.8, 4) is 0 Å². The lowest BCUT2D eigenvalue weighted by atomic mass is 10.1. The second-order valence-corrected chi connectivity index (χ2v) is 6.51. The Kier molecular flexibility index (Phi) is 4.55. The van der Waals surface area contributed by atoms with Crippen molar-refractivity contribution in [1.82, 2.24) is 0 Å². The maximum atomic E-state index is 12.6. The van der Waals surface area contributed by atoms with Gasteiger partial charge in [0.15, 0.2) is 5.71 Å². The fraction of sp³-hybridized carbons (Fsp3) is 0.0625. The molecule has 1 aliphatic rings. The number of rotatable bonds is 4. The maximum Gasteiger partial charge on any atom is 0.272 e. The van der Waals surface area contributed by atoms with Gasteiger partial charge in [-0.05, 0) is 23.8 Å². The molecule has 0 saturated heterocycles. The van der Waals surface area contributed by atoms with Crippen LogP contribution in [0, 0.1) is 0 Å². The minimum atomic E-state index is -2.30. The number of hydrogen-bond acceptors (Lipinski definition) is 4. The monoisotopic (exact) mass is 346 g/mol. The van der Waals surface area contributed by atoms with Crippen molar-refractivity contribution in [3.63, 3.8) is 0 Å². The molecule has 0 aliphatic carbocycles. The van der Waals surface area contributed by atoms with E-state index in [1.165, 1.54) is 0 Å². The normalized spacial score (nSPS) is 15.1. The molecular formula is C16H12ClN2O3P. The topological polar surface area (TPSA) is 87.7 Å². The Morgan fingerprint density at radius 2 is 2.00 bits per heavy atom. The Morgan fingerprint density at radius 1 is 1.26 bits per heavy atom. The Balaban J connectivity index is 1.96. The molecule has 2 N–H and O–H groups in total. The van der Waals surface area contributed by atoms with Crippen LogP contribution in [0.4, 0.5) is 5.69 Å². The summed E-state index contributed by atoms with van der Waals surface area (Å²) in [6.07, 6.45) is 0. The first kappa shape index (κ1) is 15.8. The van der Waals surface area contributed by atoms with Crippen LogP contribution in [0.3, 0.4) is 0 Å². The molecule has 1 heterocycles. The highest BCUT2D eigenvalue weighted by molar-refractivity contribution is 7.51. The summed E-state index contributed by atoms with van der Waals surface area (Å²) in [4.78, 5) is 28.3. The van der Waals surface area contributed by atoms with Crippen molar-refractivity contribution in [3.05, 3.63) is 64.7 Å². The Hall–Kier alpha value is -2.04. The number of halogens is 1. The first-order chi connectivity index (χ1) is 11.1. The summed E-state index contributed by atoms with van der Waals surface area (Å²) in [7, 11) is -2.30. The van der Waals surface area contributed by atoms with E-state index in [4.69, 9.17) is 21.9 Å². The van der Waals surface area contributed by atoms with Crippen molar-refractivity contribution < 1.29 is 14.2 Å². The van der Waals surface area contributed by atoms with E-state index in [0.29, 0.717) is 16.3 Å². The number of carbonyl (C=O) groups is 1.